The molecule has 0 amide bonds. The first kappa shape index (κ1) is 14.4. The number of hydrogen-bond acceptors (Lipinski definition) is 4. The van der Waals surface area contributed by atoms with Crippen molar-refractivity contribution >= 4 is 21.5 Å². The van der Waals surface area contributed by atoms with Crippen molar-refractivity contribution < 1.29 is 8.42 Å². The van der Waals surface area contributed by atoms with E-state index in [9.17, 15) is 8.42 Å². The highest BCUT2D eigenvalue weighted by Crippen LogP contribution is 2.22. The van der Waals surface area contributed by atoms with Gasteiger partial charge in [0.05, 0.1) is 16.3 Å². The summed E-state index contributed by atoms with van der Waals surface area (Å²) in [4.78, 5) is 0.192. The summed E-state index contributed by atoms with van der Waals surface area (Å²) in [5, 5.41) is 6.47. The molecule has 4 N–H and O–H groups in total. The normalized spacial score (nSPS) is 11.5. The number of benzene rings is 1. The number of nitrogen functional groups attached to an aromatic ring is 1. The van der Waals surface area contributed by atoms with Crippen molar-refractivity contribution in [3.63, 3.8) is 0 Å². The van der Waals surface area contributed by atoms with Crippen molar-refractivity contribution in [3.8, 4) is 0 Å². The maximum absolute atomic E-state index is 12.2. The molecule has 2 aromatic rings. The van der Waals surface area contributed by atoms with E-state index < -0.39 is 10.0 Å². The van der Waals surface area contributed by atoms with Gasteiger partial charge in [0.1, 0.15) is 0 Å². The van der Waals surface area contributed by atoms with E-state index in [0.29, 0.717) is 11.4 Å². The number of hydrogen-bond donors (Lipinski definition) is 3. The van der Waals surface area contributed by atoms with Gasteiger partial charge in [-0.25, -0.2) is 8.42 Å². The zero-order valence-corrected chi connectivity index (χ0v) is 12.3. The molecule has 0 aliphatic carbocycles. The highest BCUT2D eigenvalue weighted by atomic mass is 32.2. The molecule has 20 heavy (non-hydrogen) atoms. The smallest absolute Gasteiger partial charge is 0.263 e. The Kier molecular flexibility index (Phi) is 3.99. The van der Waals surface area contributed by atoms with Gasteiger partial charge >= 0.3 is 0 Å². The van der Waals surface area contributed by atoms with Crippen LogP contribution in [0.2, 0.25) is 0 Å². The molecule has 2 rings (SSSR count). The van der Waals surface area contributed by atoms with Crippen LogP contribution in [0.3, 0.4) is 0 Å². The molecule has 0 saturated carbocycles. The van der Waals surface area contributed by atoms with Crippen LogP contribution < -0.4 is 10.5 Å². The fourth-order valence-electron chi connectivity index (χ4n) is 1.83. The van der Waals surface area contributed by atoms with Crippen LogP contribution in [0.15, 0.2) is 29.2 Å². The average Bonchev–Trinajstić information content (AvgIpc) is 2.71. The summed E-state index contributed by atoms with van der Waals surface area (Å²) >= 11 is 0. The first-order chi connectivity index (χ1) is 9.44. The minimum absolute atomic E-state index is 0.125. The minimum Gasteiger partial charge on any atom is -0.394 e. The number of aryl methyl sites for hydroxylation is 2. The van der Waals surface area contributed by atoms with Gasteiger partial charge in [0.2, 0.25) is 0 Å². The number of sulfonamides is 1. The average molecular weight is 294 g/mol. The standard InChI is InChI=1S/C13H18N4O2S/c1-3-4-10-5-7-11(8-6-10)20(18,19)17-13-12(14)9(2)15-16-13/h5-8H,3-4,14H2,1-2H3,(H2,15,16,17). The lowest BCUT2D eigenvalue weighted by Gasteiger charge is -2.07. The maximum atomic E-state index is 12.2. The number of H-pyrrole nitrogens is 1. The first-order valence-electron chi connectivity index (χ1n) is 6.36. The van der Waals surface area contributed by atoms with Gasteiger partial charge in [0.25, 0.3) is 10.0 Å². The third-order valence-electron chi connectivity index (χ3n) is 3.00. The van der Waals surface area contributed by atoms with Gasteiger partial charge in [-0.05, 0) is 31.0 Å². The zero-order valence-electron chi connectivity index (χ0n) is 11.5. The summed E-state index contributed by atoms with van der Waals surface area (Å²) in [5.74, 6) is 0.125. The Morgan fingerprint density at radius 1 is 1.30 bits per heavy atom. The molecule has 6 nitrogen and oxygen atoms in total. The lowest BCUT2D eigenvalue weighted by atomic mass is 10.1. The van der Waals surface area contributed by atoms with Crippen molar-refractivity contribution in [3.05, 3.63) is 35.5 Å². The molecule has 0 unspecified atom stereocenters. The van der Waals surface area contributed by atoms with Crippen molar-refractivity contribution in [1.82, 2.24) is 10.2 Å². The van der Waals surface area contributed by atoms with Crippen molar-refractivity contribution in [2.75, 3.05) is 10.5 Å². The van der Waals surface area contributed by atoms with E-state index in [1.54, 1.807) is 19.1 Å². The van der Waals surface area contributed by atoms with E-state index in [0.717, 1.165) is 18.4 Å². The third kappa shape index (κ3) is 2.93. The second-order valence-corrected chi connectivity index (χ2v) is 6.29. The quantitative estimate of drug-likeness (QED) is 0.785. The van der Waals surface area contributed by atoms with Crippen LogP contribution in [-0.2, 0) is 16.4 Å². The van der Waals surface area contributed by atoms with Gasteiger partial charge < -0.3 is 5.73 Å². The lowest BCUT2D eigenvalue weighted by Crippen LogP contribution is -2.14. The molecule has 1 heterocycles. The summed E-state index contributed by atoms with van der Waals surface area (Å²) in [5.41, 5.74) is 7.77. The number of anilines is 2. The third-order valence-corrected chi connectivity index (χ3v) is 4.35. The number of aromatic amines is 1. The van der Waals surface area contributed by atoms with E-state index in [1.165, 1.54) is 0 Å². The van der Waals surface area contributed by atoms with Crippen molar-refractivity contribution in [2.24, 2.45) is 0 Å². The van der Waals surface area contributed by atoms with Crippen LogP contribution in [0, 0.1) is 6.92 Å². The monoisotopic (exact) mass is 294 g/mol. The molecule has 0 saturated heterocycles. The van der Waals surface area contributed by atoms with E-state index in [4.69, 9.17) is 5.73 Å². The summed E-state index contributed by atoms with van der Waals surface area (Å²) in [6.07, 6.45) is 1.95. The van der Waals surface area contributed by atoms with Gasteiger partial charge in [-0.2, -0.15) is 5.10 Å². The van der Waals surface area contributed by atoms with Crippen molar-refractivity contribution in [2.45, 2.75) is 31.6 Å². The summed E-state index contributed by atoms with van der Waals surface area (Å²) in [7, 11) is -3.67. The number of nitrogens with one attached hydrogen (secondary N) is 2. The number of nitrogens with zero attached hydrogens (tertiary/aromatic N) is 1. The molecular weight excluding hydrogens is 276 g/mol. The Morgan fingerprint density at radius 2 is 1.95 bits per heavy atom. The van der Waals surface area contributed by atoms with E-state index in [2.05, 4.69) is 21.8 Å². The van der Waals surface area contributed by atoms with Crippen LogP contribution in [0.25, 0.3) is 0 Å². The van der Waals surface area contributed by atoms with Gasteiger partial charge in [-0.1, -0.05) is 25.5 Å². The Bertz CT molecular complexity index is 690. The topological polar surface area (TPSA) is 101 Å². The van der Waals surface area contributed by atoms with Crippen LogP contribution in [0.1, 0.15) is 24.6 Å². The van der Waals surface area contributed by atoms with Gasteiger partial charge in [0.15, 0.2) is 5.82 Å². The lowest BCUT2D eigenvalue weighted by molar-refractivity contribution is 0.601. The minimum atomic E-state index is -3.67. The number of nitrogens with two attached hydrogens (primary N) is 1. The van der Waals surface area contributed by atoms with Crippen LogP contribution in [0.4, 0.5) is 11.5 Å². The molecule has 0 aliphatic heterocycles. The van der Waals surface area contributed by atoms with Gasteiger partial charge in [-0.3, -0.25) is 9.82 Å². The number of rotatable bonds is 5. The zero-order chi connectivity index (χ0) is 14.8. The predicted molar refractivity (Wildman–Crippen MR) is 79.0 cm³/mol. The van der Waals surface area contributed by atoms with E-state index >= 15 is 0 Å². The Labute approximate surface area is 118 Å². The molecule has 0 spiro atoms. The summed E-state index contributed by atoms with van der Waals surface area (Å²) in [6.45, 7) is 3.80. The molecule has 0 aliphatic rings. The maximum Gasteiger partial charge on any atom is 0.263 e. The molecule has 7 heteroatoms. The highest BCUT2D eigenvalue weighted by molar-refractivity contribution is 7.92. The largest absolute Gasteiger partial charge is 0.394 e. The molecule has 0 radical (unpaired) electrons. The van der Waals surface area contributed by atoms with E-state index in [1.807, 2.05) is 12.1 Å². The SMILES string of the molecule is CCCc1ccc(S(=O)(=O)Nc2n[nH]c(C)c2N)cc1. The first-order valence-corrected chi connectivity index (χ1v) is 7.84. The predicted octanol–water partition coefficient (Wildman–Crippen LogP) is 2.05. The fraction of sp³-hybridized carbons (Fsp3) is 0.308. The van der Waals surface area contributed by atoms with Crippen LogP contribution >= 0.6 is 0 Å². The molecule has 0 bridgehead atoms. The van der Waals surface area contributed by atoms with Crippen molar-refractivity contribution in [1.29, 1.82) is 0 Å². The second kappa shape index (κ2) is 5.54. The fourth-order valence-corrected chi connectivity index (χ4v) is 2.85. The number of aromatic nitrogens is 2. The second-order valence-electron chi connectivity index (χ2n) is 4.61. The molecule has 0 atom stereocenters. The van der Waals surface area contributed by atoms with Crippen LogP contribution in [0.5, 0.6) is 0 Å². The van der Waals surface area contributed by atoms with Gasteiger partial charge in [-0.15, -0.1) is 0 Å². The molecule has 0 fully saturated rings. The highest BCUT2D eigenvalue weighted by Gasteiger charge is 2.17. The Morgan fingerprint density at radius 3 is 2.45 bits per heavy atom. The van der Waals surface area contributed by atoms with Crippen LogP contribution in [-0.4, -0.2) is 18.6 Å². The molecule has 1 aromatic heterocycles. The summed E-state index contributed by atoms with van der Waals surface area (Å²) in [6, 6.07) is 6.81. The Hall–Kier alpha value is -2.02. The Balaban J connectivity index is 2.24. The summed E-state index contributed by atoms with van der Waals surface area (Å²) < 4.78 is 26.8. The molecule has 1 aromatic carbocycles. The van der Waals surface area contributed by atoms with Gasteiger partial charge in [0, 0.05) is 0 Å². The molecular formula is C13H18N4O2S. The van der Waals surface area contributed by atoms with E-state index in [-0.39, 0.29) is 10.7 Å². The molecule has 108 valence electrons.